The third kappa shape index (κ3) is 4.74. The molecule has 210 valence electrons. The second-order valence-electron chi connectivity index (χ2n) is 10.4. The third-order valence-electron chi connectivity index (χ3n) is 7.62. The van der Waals surface area contributed by atoms with Crippen LogP contribution < -0.4 is 20.1 Å². The second-order valence-corrected chi connectivity index (χ2v) is 12.4. The van der Waals surface area contributed by atoms with Gasteiger partial charge in [-0.15, -0.1) is 0 Å². The fourth-order valence-electron chi connectivity index (χ4n) is 5.28. The van der Waals surface area contributed by atoms with Crippen LogP contribution in [0.3, 0.4) is 0 Å². The van der Waals surface area contributed by atoms with E-state index < -0.39 is 32.8 Å². The van der Waals surface area contributed by atoms with Crippen LogP contribution in [0.25, 0.3) is 11.1 Å². The highest BCUT2D eigenvalue weighted by molar-refractivity contribution is 7.93. The van der Waals surface area contributed by atoms with Crippen molar-refractivity contribution in [1.82, 2.24) is 20.5 Å². The minimum atomic E-state index is -3.49. The van der Waals surface area contributed by atoms with E-state index in [0.717, 1.165) is 5.56 Å². The van der Waals surface area contributed by atoms with E-state index in [0.29, 0.717) is 67.6 Å². The topological polar surface area (TPSA) is 160 Å². The third-order valence-corrected chi connectivity index (χ3v) is 9.46. The van der Waals surface area contributed by atoms with Gasteiger partial charge in [0.2, 0.25) is 10.0 Å². The summed E-state index contributed by atoms with van der Waals surface area (Å²) in [5.74, 6) is 0.483. The van der Waals surface area contributed by atoms with Gasteiger partial charge in [0, 0.05) is 24.7 Å². The average Bonchev–Trinajstić information content (AvgIpc) is 3.56. The highest BCUT2D eigenvalue weighted by Crippen LogP contribution is 2.36. The number of fused-ring (bicyclic) bond motifs is 2. The lowest BCUT2D eigenvalue weighted by Crippen LogP contribution is -2.43. The largest absolute Gasteiger partial charge is 0.497 e. The summed E-state index contributed by atoms with van der Waals surface area (Å²) in [6.07, 6.45) is 3.53. The molecule has 2 aliphatic heterocycles. The maximum Gasteiger partial charge on any atom is 0.322 e. The quantitative estimate of drug-likeness (QED) is 0.235. The Kier molecular flexibility index (Phi) is 6.40. The summed E-state index contributed by atoms with van der Waals surface area (Å²) in [4.78, 5) is 44.1. The lowest BCUT2D eigenvalue weighted by atomic mass is 9.89. The number of pyridine rings is 1. The summed E-state index contributed by atoms with van der Waals surface area (Å²) in [6, 6.07) is 9.54. The predicted octanol–water partition coefficient (Wildman–Crippen LogP) is 2.99. The first-order valence-corrected chi connectivity index (χ1v) is 14.8. The molecule has 1 atom stereocenters. The maximum atomic E-state index is 13.0. The number of unbranched alkanes of at least 4 members (excludes halogenated alkanes) is 2. The van der Waals surface area contributed by atoms with Gasteiger partial charge in [0.15, 0.2) is 11.1 Å². The fourth-order valence-corrected chi connectivity index (χ4v) is 6.61. The molecule has 1 unspecified atom stereocenters. The molecule has 1 aliphatic carbocycles. The van der Waals surface area contributed by atoms with Gasteiger partial charge in [0.05, 0.1) is 12.4 Å². The Morgan fingerprint density at radius 1 is 1.12 bits per heavy atom. The maximum absolute atomic E-state index is 13.0. The lowest BCUT2D eigenvalue weighted by molar-refractivity contribution is -0.125. The minimum absolute atomic E-state index is 0.0265. The summed E-state index contributed by atoms with van der Waals surface area (Å²) in [6.45, 7) is 1.11. The number of hydrogen-bond acceptors (Lipinski definition) is 8. The standard InChI is InChI=1S/C27H29N5O7S/c1-38-17-6-5-16-15-32(24(33)19(16)13-17)12-4-2-3-11-27(25(34)29-26(35)30-27)22-14-20-21(39-22)9-10-23(28-20)31-40(36,37)18-7-8-18/h5-6,9-10,13-14,18H,2-4,7-8,11-12,15H2,1H3,(H,28,31)(H2,29,30,34,35). The fraction of sp³-hybridized carbons (Fsp3) is 0.407. The van der Waals surface area contributed by atoms with E-state index in [1.165, 1.54) is 6.07 Å². The molecular formula is C27H29N5O7S. The first-order valence-electron chi connectivity index (χ1n) is 13.2. The van der Waals surface area contributed by atoms with Crippen molar-refractivity contribution in [3.05, 3.63) is 53.3 Å². The molecule has 3 aliphatic rings. The van der Waals surface area contributed by atoms with Crippen LogP contribution >= 0.6 is 0 Å². The molecule has 4 amide bonds. The number of anilines is 1. The molecule has 1 saturated heterocycles. The highest BCUT2D eigenvalue weighted by atomic mass is 32.2. The molecule has 2 aromatic heterocycles. The zero-order valence-electron chi connectivity index (χ0n) is 21.9. The number of furan rings is 1. The molecule has 6 rings (SSSR count). The Bertz CT molecular complexity index is 1630. The lowest BCUT2D eigenvalue weighted by Gasteiger charge is -2.23. The number of nitrogens with one attached hydrogen (secondary N) is 3. The van der Waals surface area contributed by atoms with Gasteiger partial charge in [-0.05, 0) is 55.5 Å². The van der Waals surface area contributed by atoms with Crippen molar-refractivity contribution >= 4 is 44.8 Å². The van der Waals surface area contributed by atoms with Gasteiger partial charge in [-0.25, -0.2) is 18.2 Å². The van der Waals surface area contributed by atoms with E-state index in [4.69, 9.17) is 9.15 Å². The number of urea groups is 1. The number of nitrogens with zero attached hydrogens (tertiary/aromatic N) is 2. The molecule has 3 aromatic rings. The summed E-state index contributed by atoms with van der Waals surface area (Å²) in [5, 5.41) is 4.63. The van der Waals surface area contributed by atoms with Crippen LogP contribution in [0, 0.1) is 0 Å². The summed E-state index contributed by atoms with van der Waals surface area (Å²) in [7, 11) is -1.92. The number of rotatable bonds is 11. The van der Waals surface area contributed by atoms with E-state index in [1.54, 1.807) is 30.2 Å². The molecule has 0 radical (unpaired) electrons. The Hall–Kier alpha value is -4.13. The Balaban J connectivity index is 1.11. The number of benzene rings is 1. The highest BCUT2D eigenvalue weighted by Gasteiger charge is 2.50. The number of carbonyl (C=O) groups excluding carboxylic acids is 3. The van der Waals surface area contributed by atoms with Gasteiger partial charge in [-0.3, -0.25) is 19.6 Å². The Morgan fingerprint density at radius 2 is 1.95 bits per heavy atom. The van der Waals surface area contributed by atoms with Crippen molar-refractivity contribution in [3.8, 4) is 5.75 Å². The number of imide groups is 1. The molecule has 13 heteroatoms. The zero-order chi connectivity index (χ0) is 28.1. The number of hydrogen-bond donors (Lipinski definition) is 3. The summed E-state index contributed by atoms with van der Waals surface area (Å²) < 4.78 is 38.3. The smallest absolute Gasteiger partial charge is 0.322 e. The van der Waals surface area contributed by atoms with E-state index in [1.807, 2.05) is 12.1 Å². The van der Waals surface area contributed by atoms with Crippen molar-refractivity contribution in [3.63, 3.8) is 0 Å². The predicted molar refractivity (Wildman–Crippen MR) is 144 cm³/mol. The van der Waals surface area contributed by atoms with Crippen LogP contribution in [0.1, 0.15) is 60.2 Å². The van der Waals surface area contributed by atoms with E-state index in [9.17, 15) is 22.8 Å². The molecule has 12 nitrogen and oxygen atoms in total. The molecule has 1 aromatic carbocycles. The number of aromatic nitrogens is 1. The van der Waals surface area contributed by atoms with Crippen molar-refractivity contribution in [2.75, 3.05) is 18.4 Å². The molecule has 4 heterocycles. The van der Waals surface area contributed by atoms with Crippen LogP contribution in [0.15, 0.2) is 40.8 Å². The van der Waals surface area contributed by atoms with E-state index in [-0.39, 0.29) is 23.9 Å². The molecule has 1 saturated carbocycles. The SMILES string of the molecule is COc1ccc2c(c1)C(=O)N(CCCCCC1(c3cc4nc(NS(=O)(=O)C5CC5)ccc4o3)NC(=O)NC1=O)C2. The van der Waals surface area contributed by atoms with Crippen LogP contribution in [0.2, 0.25) is 0 Å². The summed E-state index contributed by atoms with van der Waals surface area (Å²) in [5.41, 5.74) is 0.939. The zero-order valence-corrected chi connectivity index (χ0v) is 22.7. The molecular weight excluding hydrogens is 538 g/mol. The minimum Gasteiger partial charge on any atom is -0.497 e. The molecule has 0 bridgehead atoms. The van der Waals surface area contributed by atoms with Gasteiger partial charge >= 0.3 is 6.03 Å². The summed E-state index contributed by atoms with van der Waals surface area (Å²) >= 11 is 0. The number of amides is 4. The van der Waals surface area contributed by atoms with Crippen LogP contribution in [-0.4, -0.2) is 55.1 Å². The first kappa shape index (κ1) is 26.1. The number of ether oxygens (including phenoxy) is 1. The normalized spacial score (nSPS) is 20.5. The van der Waals surface area contributed by atoms with Crippen molar-refractivity contribution in [2.45, 2.75) is 55.9 Å². The van der Waals surface area contributed by atoms with Gasteiger partial charge in [-0.2, -0.15) is 0 Å². The first-order chi connectivity index (χ1) is 19.2. The average molecular weight is 568 g/mol. The Morgan fingerprint density at radius 3 is 2.67 bits per heavy atom. The number of sulfonamides is 1. The van der Waals surface area contributed by atoms with Gasteiger partial charge < -0.3 is 19.4 Å². The Labute approximate surface area is 230 Å². The van der Waals surface area contributed by atoms with Crippen molar-refractivity contribution in [1.29, 1.82) is 0 Å². The van der Waals surface area contributed by atoms with E-state index >= 15 is 0 Å². The van der Waals surface area contributed by atoms with Crippen molar-refractivity contribution in [2.24, 2.45) is 0 Å². The molecule has 0 spiro atoms. The van der Waals surface area contributed by atoms with Crippen LogP contribution in [0.4, 0.5) is 10.6 Å². The molecule has 3 N–H and O–H groups in total. The van der Waals surface area contributed by atoms with Crippen molar-refractivity contribution < 1.29 is 32.0 Å². The molecule has 40 heavy (non-hydrogen) atoms. The molecule has 2 fully saturated rings. The van der Waals surface area contributed by atoms with Crippen LogP contribution in [-0.2, 0) is 26.9 Å². The van der Waals surface area contributed by atoms with Gasteiger partial charge in [0.1, 0.15) is 22.8 Å². The van der Waals surface area contributed by atoms with Gasteiger partial charge in [0.25, 0.3) is 11.8 Å². The number of methoxy groups -OCH3 is 1. The number of carbonyl (C=O) groups is 3. The second kappa shape index (κ2) is 9.81. The van der Waals surface area contributed by atoms with Gasteiger partial charge in [-0.1, -0.05) is 18.9 Å². The monoisotopic (exact) mass is 567 g/mol. The van der Waals surface area contributed by atoms with Crippen LogP contribution in [0.5, 0.6) is 5.75 Å². The van der Waals surface area contributed by atoms with E-state index in [2.05, 4.69) is 20.3 Å².